The summed E-state index contributed by atoms with van der Waals surface area (Å²) < 4.78 is 11.0. The highest BCUT2D eigenvalue weighted by molar-refractivity contribution is 5.94. The van der Waals surface area contributed by atoms with E-state index in [1.54, 1.807) is 7.05 Å². The van der Waals surface area contributed by atoms with Crippen LogP contribution in [-0.4, -0.2) is 65.0 Å². The van der Waals surface area contributed by atoms with Crippen molar-refractivity contribution in [2.45, 2.75) is 33.1 Å². The second-order valence-corrected chi connectivity index (χ2v) is 6.30. The number of aliphatic imine (C=N–C) groups is 1. The average Bonchev–Trinajstić information content (AvgIpc) is 2.72. The van der Waals surface area contributed by atoms with Gasteiger partial charge in [0.15, 0.2) is 5.96 Å². The van der Waals surface area contributed by atoms with Crippen molar-refractivity contribution in [3.63, 3.8) is 0 Å². The Morgan fingerprint density at radius 2 is 1.86 bits per heavy atom. The lowest BCUT2D eigenvalue weighted by atomic mass is 10.1. The molecule has 0 aliphatic rings. The molecule has 7 nitrogen and oxygen atoms in total. The summed E-state index contributed by atoms with van der Waals surface area (Å²) in [4.78, 5) is 16.2. The van der Waals surface area contributed by atoms with Crippen molar-refractivity contribution in [2.75, 3.05) is 53.1 Å². The van der Waals surface area contributed by atoms with Crippen LogP contribution in [0.5, 0.6) is 0 Å². The number of hydrogen-bond acceptors (Lipinski definition) is 4. The van der Waals surface area contributed by atoms with E-state index in [1.807, 2.05) is 31.2 Å². The number of nitrogens with zero attached hydrogens (tertiary/aromatic N) is 1. The Hall–Kier alpha value is -2.12. The number of ether oxygens (including phenoxy) is 2. The summed E-state index contributed by atoms with van der Waals surface area (Å²) >= 11 is 0. The zero-order valence-electron chi connectivity index (χ0n) is 17.6. The van der Waals surface area contributed by atoms with Crippen molar-refractivity contribution >= 4 is 11.9 Å². The van der Waals surface area contributed by atoms with Crippen LogP contribution >= 0.6 is 0 Å². The summed E-state index contributed by atoms with van der Waals surface area (Å²) in [5.74, 6) is 0.702. The highest BCUT2D eigenvalue weighted by Crippen LogP contribution is 2.05. The Morgan fingerprint density at radius 1 is 1.07 bits per heavy atom. The highest BCUT2D eigenvalue weighted by atomic mass is 16.5. The number of hydrogen-bond donors (Lipinski definition) is 3. The summed E-state index contributed by atoms with van der Waals surface area (Å²) in [7, 11) is 1.64. The molecule has 0 heterocycles. The smallest absolute Gasteiger partial charge is 0.251 e. The number of benzene rings is 1. The minimum atomic E-state index is -0.0690. The summed E-state index contributed by atoms with van der Waals surface area (Å²) in [6, 6.07) is 7.66. The van der Waals surface area contributed by atoms with E-state index >= 15 is 0 Å². The summed E-state index contributed by atoms with van der Waals surface area (Å²) in [5.41, 5.74) is 1.78. The van der Waals surface area contributed by atoms with Crippen molar-refractivity contribution in [1.82, 2.24) is 16.0 Å². The maximum atomic E-state index is 11.7. The fraction of sp³-hybridized carbons (Fsp3) is 0.619. The zero-order valence-corrected chi connectivity index (χ0v) is 17.6. The molecular weight excluding hydrogens is 356 g/mol. The zero-order chi connectivity index (χ0) is 20.5. The van der Waals surface area contributed by atoms with Gasteiger partial charge in [0.2, 0.25) is 0 Å². The molecule has 0 spiro atoms. The van der Waals surface area contributed by atoms with E-state index in [1.165, 1.54) is 0 Å². The van der Waals surface area contributed by atoms with E-state index in [-0.39, 0.29) is 5.91 Å². The summed E-state index contributed by atoms with van der Waals surface area (Å²) in [6.45, 7) is 8.92. The number of rotatable bonds is 14. The van der Waals surface area contributed by atoms with Gasteiger partial charge in [0, 0.05) is 32.3 Å². The van der Waals surface area contributed by atoms with Crippen LogP contribution in [0.1, 0.15) is 42.6 Å². The molecule has 3 N–H and O–H groups in total. The van der Waals surface area contributed by atoms with Gasteiger partial charge >= 0.3 is 0 Å². The lowest BCUT2D eigenvalue weighted by molar-refractivity contribution is 0.0497. The molecule has 1 aromatic rings. The topological polar surface area (TPSA) is 84.0 Å². The van der Waals surface area contributed by atoms with Gasteiger partial charge in [-0.3, -0.25) is 9.79 Å². The Labute approximate surface area is 169 Å². The molecular formula is C21H36N4O3. The number of carbonyl (C=O) groups excluding carboxylic acids is 1. The first-order valence-electron chi connectivity index (χ1n) is 10.2. The van der Waals surface area contributed by atoms with Gasteiger partial charge in [-0.25, -0.2) is 0 Å². The molecule has 0 saturated carbocycles. The van der Waals surface area contributed by atoms with Crippen LogP contribution in [0.15, 0.2) is 29.3 Å². The first kappa shape index (κ1) is 23.9. The summed E-state index contributed by atoms with van der Waals surface area (Å²) in [6.07, 6.45) is 3.05. The van der Waals surface area contributed by atoms with Crippen molar-refractivity contribution in [2.24, 2.45) is 4.99 Å². The maximum absolute atomic E-state index is 11.7. The molecule has 0 bridgehead atoms. The maximum Gasteiger partial charge on any atom is 0.251 e. The number of unbranched alkanes of at least 4 members (excludes halogenated alkanes) is 1. The van der Waals surface area contributed by atoms with Gasteiger partial charge in [-0.1, -0.05) is 25.5 Å². The van der Waals surface area contributed by atoms with Crippen molar-refractivity contribution < 1.29 is 14.3 Å². The molecule has 0 saturated heterocycles. The predicted octanol–water partition coefficient (Wildman–Crippen LogP) is 1.98. The second kappa shape index (κ2) is 15.9. The Balaban J connectivity index is 2.28. The normalized spacial score (nSPS) is 11.3. The second-order valence-electron chi connectivity index (χ2n) is 6.30. The number of nitrogens with one attached hydrogen (secondary N) is 3. The third kappa shape index (κ3) is 10.9. The van der Waals surface area contributed by atoms with Gasteiger partial charge in [0.25, 0.3) is 5.91 Å². The molecule has 7 heteroatoms. The molecule has 0 unspecified atom stereocenters. The molecule has 0 fully saturated rings. The molecule has 0 aliphatic heterocycles. The molecule has 0 aromatic heterocycles. The Morgan fingerprint density at radius 3 is 2.57 bits per heavy atom. The van der Waals surface area contributed by atoms with Gasteiger partial charge in [0.1, 0.15) is 0 Å². The highest BCUT2D eigenvalue weighted by Gasteiger charge is 2.04. The minimum Gasteiger partial charge on any atom is -0.379 e. The quantitative estimate of drug-likeness (QED) is 0.256. The fourth-order valence-electron chi connectivity index (χ4n) is 2.47. The molecule has 1 aromatic carbocycles. The number of amides is 1. The predicted molar refractivity (Wildman–Crippen MR) is 114 cm³/mol. The van der Waals surface area contributed by atoms with Crippen LogP contribution in [0.3, 0.4) is 0 Å². The van der Waals surface area contributed by atoms with Crippen LogP contribution in [-0.2, 0) is 15.9 Å². The van der Waals surface area contributed by atoms with E-state index < -0.39 is 0 Å². The average molecular weight is 393 g/mol. The van der Waals surface area contributed by atoms with Crippen LogP contribution < -0.4 is 16.0 Å². The monoisotopic (exact) mass is 392 g/mol. The van der Waals surface area contributed by atoms with E-state index in [2.05, 4.69) is 27.9 Å². The Kier molecular flexibility index (Phi) is 13.6. The van der Waals surface area contributed by atoms with E-state index in [4.69, 9.17) is 9.47 Å². The SMILES string of the molecule is CCCCOCCOCCN=C(NCC)NCCc1cccc(C(=O)NC)c1. The van der Waals surface area contributed by atoms with Crippen LogP contribution in [0.2, 0.25) is 0 Å². The van der Waals surface area contributed by atoms with Gasteiger partial charge in [0.05, 0.1) is 26.4 Å². The lowest BCUT2D eigenvalue weighted by Gasteiger charge is -2.12. The molecule has 0 aliphatic carbocycles. The first-order valence-corrected chi connectivity index (χ1v) is 10.2. The van der Waals surface area contributed by atoms with Gasteiger partial charge < -0.3 is 25.4 Å². The van der Waals surface area contributed by atoms with Gasteiger partial charge in [-0.05, 0) is 37.5 Å². The molecule has 0 atom stereocenters. The van der Waals surface area contributed by atoms with E-state index in [0.29, 0.717) is 31.9 Å². The molecule has 28 heavy (non-hydrogen) atoms. The Bertz CT molecular complexity index is 579. The van der Waals surface area contributed by atoms with E-state index in [9.17, 15) is 4.79 Å². The molecule has 1 amide bonds. The minimum absolute atomic E-state index is 0.0690. The number of carbonyl (C=O) groups is 1. The van der Waals surface area contributed by atoms with Crippen molar-refractivity contribution in [3.05, 3.63) is 35.4 Å². The van der Waals surface area contributed by atoms with Crippen molar-refractivity contribution in [1.29, 1.82) is 0 Å². The van der Waals surface area contributed by atoms with Crippen molar-refractivity contribution in [3.8, 4) is 0 Å². The number of guanidine groups is 1. The standard InChI is InChI=1S/C21H36N4O3/c1-4-6-13-27-15-16-28-14-12-25-21(23-5-2)24-11-10-18-8-7-9-19(17-18)20(26)22-3/h7-9,17H,4-6,10-16H2,1-3H3,(H,22,26)(H2,23,24,25). The largest absolute Gasteiger partial charge is 0.379 e. The molecule has 0 radical (unpaired) electrons. The van der Waals surface area contributed by atoms with Crippen LogP contribution in [0.25, 0.3) is 0 Å². The summed E-state index contributed by atoms with van der Waals surface area (Å²) in [5, 5.41) is 9.19. The molecule has 1 rings (SSSR count). The van der Waals surface area contributed by atoms with Crippen LogP contribution in [0.4, 0.5) is 0 Å². The van der Waals surface area contributed by atoms with E-state index in [0.717, 1.165) is 50.5 Å². The van der Waals surface area contributed by atoms with Gasteiger partial charge in [-0.2, -0.15) is 0 Å². The lowest BCUT2D eigenvalue weighted by Crippen LogP contribution is -2.38. The van der Waals surface area contributed by atoms with Gasteiger partial charge in [-0.15, -0.1) is 0 Å². The molecule has 158 valence electrons. The third-order valence-electron chi connectivity index (χ3n) is 3.99. The first-order chi connectivity index (χ1) is 13.7. The van der Waals surface area contributed by atoms with Crippen LogP contribution in [0, 0.1) is 0 Å². The fourth-order valence-corrected chi connectivity index (χ4v) is 2.47. The third-order valence-corrected chi connectivity index (χ3v) is 3.99.